The Morgan fingerprint density at radius 1 is 0.804 bits per heavy atom. The van der Waals surface area contributed by atoms with Gasteiger partial charge in [-0.2, -0.15) is 4.57 Å². The number of thioether (sulfide) groups is 1. The number of carbonyl (C=O) groups is 1. The van der Waals surface area contributed by atoms with Crippen molar-refractivity contribution in [3.63, 3.8) is 0 Å². The van der Waals surface area contributed by atoms with E-state index >= 15 is 0 Å². The monoisotopic (exact) mass is 659 g/mol. The number of unbranched alkanes of at least 4 members (excludes halogenated alkanes) is 14. The maximum absolute atomic E-state index is 13.5. The van der Waals surface area contributed by atoms with Crippen molar-refractivity contribution in [1.82, 2.24) is 4.90 Å². The van der Waals surface area contributed by atoms with Crippen molar-refractivity contribution >= 4 is 55.9 Å². The Balaban J connectivity index is 1.27. The summed E-state index contributed by atoms with van der Waals surface area (Å²) in [7, 11) is 0. The molecule has 6 heteroatoms. The third kappa shape index (κ3) is 8.86. The standard InChI is InChI=1S/C40H54N2O2S2/c1-3-5-7-9-11-13-15-19-25-41-27-28-45-36(41)29-33-38(43)34(39(33)44)30-37-42(26-20-16-14-12-10-8-6-4-2)35-24-23-31-21-17-18-22-32(31)40(35)46-37/h17-18,21-24,29-30H,3-16,19-20,25-28H2,1-2H3/p+1. The summed E-state index contributed by atoms with van der Waals surface area (Å²) in [5.74, 6) is 1.16. The number of benzene rings is 2. The van der Waals surface area contributed by atoms with Crippen LogP contribution in [0.5, 0.6) is 0 Å². The van der Waals surface area contributed by atoms with Gasteiger partial charge in [0.05, 0.1) is 16.2 Å². The van der Waals surface area contributed by atoms with Crippen LogP contribution in [-0.4, -0.2) is 34.6 Å². The molecule has 1 aliphatic carbocycles. The minimum absolute atomic E-state index is 0.0366. The van der Waals surface area contributed by atoms with Crippen LogP contribution in [0.4, 0.5) is 0 Å². The van der Waals surface area contributed by atoms with Crippen molar-refractivity contribution in [1.29, 1.82) is 0 Å². The molecule has 0 bridgehead atoms. The number of aryl methyl sites for hydroxylation is 1. The van der Waals surface area contributed by atoms with Crippen molar-refractivity contribution in [3.05, 3.63) is 69.4 Å². The van der Waals surface area contributed by atoms with E-state index in [0.717, 1.165) is 41.8 Å². The van der Waals surface area contributed by atoms with Gasteiger partial charge in [-0.05, 0) is 30.4 Å². The first-order valence-electron chi connectivity index (χ1n) is 18.3. The summed E-state index contributed by atoms with van der Waals surface area (Å²) in [6, 6.07) is 13.0. The first kappa shape index (κ1) is 34.8. The number of nitrogens with zero attached hydrogens (tertiary/aromatic N) is 2. The second-order valence-corrected chi connectivity index (χ2v) is 15.3. The molecule has 0 unspecified atom stereocenters. The van der Waals surface area contributed by atoms with Gasteiger partial charge in [0.15, 0.2) is 6.54 Å². The zero-order valence-corrected chi connectivity index (χ0v) is 30.0. The molecule has 3 aromatic rings. The first-order valence-corrected chi connectivity index (χ1v) is 20.1. The number of fused-ring (bicyclic) bond motifs is 3. The fourth-order valence-corrected chi connectivity index (χ4v) is 9.13. The summed E-state index contributed by atoms with van der Waals surface area (Å²) in [5, 5.41) is 15.8. The molecule has 1 saturated heterocycles. The average molecular weight is 660 g/mol. The van der Waals surface area contributed by atoms with Crippen molar-refractivity contribution in [2.75, 3.05) is 18.8 Å². The number of Topliss-reactive ketones (excluding diaryl/α,β-unsaturated/α-hetero) is 1. The lowest BCUT2D eigenvalue weighted by molar-refractivity contribution is -0.669. The molecule has 0 atom stereocenters. The summed E-state index contributed by atoms with van der Waals surface area (Å²) in [4.78, 5) is 15.9. The van der Waals surface area contributed by atoms with Gasteiger partial charge >= 0.3 is 0 Å². The van der Waals surface area contributed by atoms with Crippen molar-refractivity contribution < 1.29 is 14.5 Å². The molecule has 5 rings (SSSR count). The van der Waals surface area contributed by atoms with Crippen LogP contribution in [0.3, 0.4) is 0 Å². The summed E-state index contributed by atoms with van der Waals surface area (Å²) < 4.78 is 3.63. The summed E-state index contributed by atoms with van der Waals surface area (Å²) in [6.07, 6.45) is 24.7. The molecule has 0 saturated carbocycles. The smallest absolute Gasteiger partial charge is 0.263 e. The van der Waals surface area contributed by atoms with E-state index in [4.69, 9.17) is 0 Å². The second-order valence-electron chi connectivity index (χ2n) is 13.1. The Labute approximate surface area is 285 Å². The van der Waals surface area contributed by atoms with Gasteiger partial charge in [0.1, 0.15) is 10.5 Å². The fourth-order valence-electron chi connectivity index (χ4n) is 6.78. The normalized spacial score (nSPS) is 17.0. The van der Waals surface area contributed by atoms with Gasteiger partial charge in [-0.1, -0.05) is 133 Å². The number of hydrogen-bond acceptors (Lipinski definition) is 5. The van der Waals surface area contributed by atoms with Gasteiger partial charge in [-0.3, -0.25) is 4.79 Å². The van der Waals surface area contributed by atoms with Crippen LogP contribution in [0.25, 0.3) is 27.1 Å². The zero-order valence-electron chi connectivity index (χ0n) is 28.3. The fraction of sp³-hybridized carbons (Fsp3) is 0.550. The highest BCUT2D eigenvalue weighted by molar-refractivity contribution is 8.03. The summed E-state index contributed by atoms with van der Waals surface area (Å²) >= 11 is 3.55. The molecule has 1 N–H and O–H groups in total. The number of thiazole rings is 1. The largest absolute Gasteiger partial charge is 0.506 e. The zero-order chi connectivity index (χ0) is 32.1. The van der Waals surface area contributed by atoms with Crippen LogP contribution in [0.15, 0.2) is 64.4 Å². The molecule has 0 spiro atoms. The SMILES string of the molecule is CCCCCCCCCCN1CCSC1=CC1=C(O)C(=Cc2sc3c4ccccc4ccc3[n+]2CCCCCCCCCC)C1=O. The lowest BCUT2D eigenvalue weighted by Crippen LogP contribution is -2.35. The Hall–Kier alpha value is -2.57. The number of hydrogen-bond donors (Lipinski definition) is 1. The van der Waals surface area contributed by atoms with Gasteiger partial charge in [0.2, 0.25) is 11.3 Å². The Bertz CT molecular complexity index is 1550. The molecule has 2 aliphatic rings. The van der Waals surface area contributed by atoms with Crippen molar-refractivity contribution in [2.24, 2.45) is 0 Å². The molecule has 1 aromatic heterocycles. The minimum Gasteiger partial charge on any atom is -0.506 e. The third-order valence-corrected chi connectivity index (χ3v) is 11.8. The van der Waals surface area contributed by atoms with E-state index < -0.39 is 0 Å². The van der Waals surface area contributed by atoms with E-state index in [0.29, 0.717) is 11.1 Å². The van der Waals surface area contributed by atoms with E-state index in [-0.39, 0.29) is 11.5 Å². The Morgan fingerprint density at radius 2 is 1.46 bits per heavy atom. The van der Waals surface area contributed by atoms with Gasteiger partial charge < -0.3 is 10.0 Å². The molecule has 4 nitrogen and oxygen atoms in total. The van der Waals surface area contributed by atoms with Crippen LogP contribution in [0.1, 0.15) is 122 Å². The first-order chi connectivity index (χ1) is 22.6. The second kappa shape index (κ2) is 18.1. The number of ketones is 1. The van der Waals surface area contributed by atoms with E-state index in [2.05, 4.69) is 59.7 Å². The molecule has 46 heavy (non-hydrogen) atoms. The molecular formula is C40H55N2O2S2+. The van der Waals surface area contributed by atoms with Crippen LogP contribution in [-0.2, 0) is 11.3 Å². The number of allylic oxidation sites excluding steroid dienone is 3. The molecule has 1 aliphatic heterocycles. The topological polar surface area (TPSA) is 44.4 Å². The van der Waals surface area contributed by atoms with E-state index in [1.165, 1.54) is 117 Å². The average Bonchev–Trinajstić information content (AvgIpc) is 3.68. The van der Waals surface area contributed by atoms with Crippen LogP contribution in [0.2, 0.25) is 0 Å². The highest BCUT2D eigenvalue weighted by atomic mass is 32.2. The molecule has 1 fully saturated rings. The molecule has 0 radical (unpaired) electrons. The van der Waals surface area contributed by atoms with Gasteiger partial charge in [0, 0.05) is 42.8 Å². The van der Waals surface area contributed by atoms with Crippen LogP contribution in [0, 0.1) is 0 Å². The molecule has 2 aromatic carbocycles. The predicted octanol–water partition coefficient (Wildman–Crippen LogP) is 11.3. The predicted molar refractivity (Wildman–Crippen MR) is 199 cm³/mol. The summed E-state index contributed by atoms with van der Waals surface area (Å²) in [5.41, 5.74) is 2.14. The van der Waals surface area contributed by atoms with E-state index in [9.17, 15) is 9.90 Å². The maximum Gasteiger partial charge on any atom is 0.263 e. The Morgan fingerprint density at radius 3 is 2.15 bits per heavy atom. The van der Waals surface area contributed by atoms with E-state index in [1.54, 1.807) is 11.3 Å². The number of rotatable bonds is 20. The number of aromatic nitrogens is 1. The van der Waals surface area contributed by atoms with Gasteiger partial charge in [-0.25, -0.2) is 0 Å². The number of aliphatic hydroxyl groups is 1. The van der Waals surface area contributed by atoms with Crippen LogP contribution < -0.4 is 4.57 Å². The van der Waals surface area contributed by atoms with Crippen molar-refractivity contribution in [3.8, 4) is 0 Å². The van der Waals surface area contributed by atoms with Gasteiger partial charge in [-0.15, -0.1) is 11.8 Å². The molecule has 0 amide bonds. The van der Waals surface area contributed by atoms with Crippen molar-refractivity contribution in [2.45, 2.75) is 123 Å². The lowest BCUT2D eigenvalue weighted by atomic mass is 9.88. The highest BCUT2D eigenvalue weighted by Gasteiger charge is 2.35. The number of aliphatic hydroxyl groups excluding tert-OH is 1. The summed E-state index contributed by atoms with van der Waals surface area (Å²) in [6.45, 7) is 7.51. The molecule has 248 valence electrons. The maximum atomic E-state index is 13.5. The number of carbonyl (C=O) groups excluding carboxylic acids is 1. The minimum atomic E-state index is -0.0366. The van der Waals surface area contributed by atoms with Crippen LogP contribution >= 0.6 is 23.1 Å². The lowest BCUT2D eigenvalue weighted by Gasteiger charge is -2.22. The quantitative estimate of drug-likeness (QED) is 0.0745. The highest BCUT2D eigenvalue weighted by Crippen LogP contribution is 2.38. The molecular weight excluding hydrogens is 605 g/mol. The Kier molecular flexibility index (Phi) is 13.7. The van der Waals surface area contributed by atoms with Gasteiger partial charge in [0.25, 0.3) is 5.01 Å². The molecule has 2 heterocycles. The van der Waals surface area contributed by atoms with E-state index in [1.807, 2.05) is 23.9 Å². The third-order valence-electron chi connectivity index (χ3n) is 9.60.